The lowest BCUT2D eigenvalue weighted by Gasteiger charge is -2.29. The molecule has 34 heavy (non-hydrogen) atoms. The number of likely N-dealkylation sites (N-methyl/N-ethyl adjacent to an activating group) is 1. The molecule has 0 aromatic heterocycles. The van der Waals surface area contributed by atoms with E-state index in [0.717, 1.165) is 31.6 Å². The van der Waals surface area contributed by atoms with Crippen molar-refractivity contribution in [1.29, 1.82) is 0 Å². The summed E-state index contributed by atoms with van der Waals surface area (Å²) >= 11 is 0. The zero-order valence-corrected chi connectivity index (χ0v) is 19.5. The molecule has 178 valence electrons. The first kappa shape index (κ1) is 22.7. The SMILES string of the molecule is CN(Cc1ccccc1)[C@@H]1COCCC(c2ccc3c(c2)CN(C2CCC(=O)NC2=O)C3=O)C1. The quantitative estimate of drug-likeness (QED) is 0.693. The van der Waals surface area contributed by atoms with Gasteiger partial charge in [-0.05, 0) is 55.0 Å². The minimum atomic E-state index is -0.580. The Bertz CT molecular complexity index is 1090. The summed E-state index contributed by atoms with van der Waals surface area (Å²) in [7, 11) is 2.16. The van der Waals surface area contributed by atoms with Crippen LogP contribution >= 0.6 is 0 Å². The number of amides is 3. The second-order valence-corrected chi connectivity index (χ2v) is 9.67. The fourth-order valence-corrected chi connectivity index (χ4v) is 5.42. The largest absolute Gasteiger partial charge is 0.380 e. The van der Waals surface area contributed by atoms with Crippen LogP contribution in [0.5, 0.6) is 0 Å². The molecule has 0 aliphatic carbocycles. The molecule has 2 aromatic carbocycles. The number of fused-ring (bicyclic) bond motifs is 1. The molecule has 0 radical (unpaired) electrons. The number of carbonyl (C=O) groups excluding carboxylic acids is 3. The highest BCUT2D eigenvalue weighted by Crippen LogP contribution is 2.34. The van der Waals surface area contributed by atoms with E-state index < -0.39 is 6.04 Å². The molecule has 2 fully saturated rings. The Morgan fingerprint density at radius 3 is 2.71 bits per heavy atom. The number of hydrogen-bond donors (Lipinski definition) is 1. The Morgan fingerprint density at radius 2 is 1.91 bits per heavy atom. The van der Waals surface area contributed by atoms with E-state index in [4.69, 9.17) is 4.74 Å². The van der Waals surface area contributed by atoms with Gasteiger partial charge in [0.05, 0.1) is 6.61 Å². The van der Waals surface area contributed by atoms with Crippen molar-refractivity contribution in [3.05, 3.63) is 70.8 Å². The van der Waals surface area contributed by atoms with Gasteiger partial charge in [-0.15, -0.1) is 0 Å². The fourth-order valence-electron chi connectivity index (χ4n) is 5.42. The number of carbonyl (C=O) groups is 3. The van der Waals surface area contributed by atoms with Crippen molar-refractivity contribution >= 4 is 17.7 Å². The van der Waals surface area contributed by atoms with Crippen LogP contribution < -0.4 is 5.32 Å². The van der Waals surface area contributed by atoms with Crippen molar-refractivity contribution in [3.8, 4) is 0 Å². The third-order valence-electron chi connectivity index (χ3n) is 7.39. The molecule has 3 aliphatic heterocycles. The first-order valence-corrected chi connectivity index (χ1v) is 12.1. The second-order valence-electron chi connectivity index (χ2n) is 9.67. The van der Waals surface area contributed by atoms with Gasteiger partial charge in [0.1, 0.15) is 6.04 Å². The summed E-state index contributed by atoms with van der Waals surface area (Å²) in [5.74, 6) is -0.422. The van der Waals surface area contributed by atoms with E-state index in [1.165, 1.54) is 11.1 Å². The monoisotopic (exact) mass is 461 g/mol. The molecule has 2 unspecified atom stereocenters. The van der Waals surface area contributed by atoms with Gasteiger partial charge in [0.15, 0.2) is 0 Å². The van der Waals surface area contributed by atoms with Crippen LogP contribution in [-0.4, -0.2) is 59.9 Å². The zero-order chi connectivity index (χ0) is 23.7. The Labute approximate surface area is 200 Å². The molecule has 0 saturated carbocycles. The topological polar surface area (TPSA) is 79.0 Å². The lowest BCUT2D eigenvalue weighted by atomic mass is 9.88. The fraction of sp³-hybridized carbons (Fsp3) is 0.444. The molecule has 7 nitrogen and oxygen atoms in total. The lowest BCUT2D eigenvalue weighted by molar-refractivity contribution is -0.136. The summed E-state index contributed by atoms with van der Waals surface area (Å²) in [6.45, 7) is 2.72. The summed E-state index contributed by atoms with van der Waals surface area (Å²) < 4.78 is 5.97. The standard InChI is InChI=1S/C27H31N3O4/c1-29(15-18-5-3-2-4-6-18)22-14-20(11-12-34-17-22)19-7-8-23-21(13-19)16-30(27(23)33)24-9-10-25(31)28-26(24)32/h2-8,13,20,22,24H,9-12,14-17H2,1H3,(H,28,31,32)/t20?,22-,24?/m0/s1. The molecule has 3 amide bonds. The molecule has 0 bridgehead atoms. The summed E-state index contributed by atoms with van der Waals surface area (Å²) in [4.78, 5) is 40.8. The van der Waals surface area contributed by atoms with E-state index in [1.54, 1.807) is 4.90 Å². The van der Waals surface area contributed by atoms with Crippen molar-refractivity contribution in [2.75, 3.05) is 20.3 Å². The molecule has 5 rings (SSSR count). The Hall–Kier alpha value is -3.03. The van der Waals surface area contributed by atoms with Gasteiger partial charge in [0.2, 0.25) is 11.8 Å². The van der Waals surface area contributed by atoms with Crippen molar-refractivity contribution < 1.29 is 19.1 Å². The second kappa shape index (κ2) is 9.68. The Kier molecular flexibility index (Phi) is 6.48. The van der Waals surface area contributed by atoms with Crippen LogP contribution in [-0.2, 0) is 27.4 Å². The number of nitrogens with zero attached hydrogens (tertiary/aromatic N) is 2. The molecule has 7 heteroatoms. The maximum atomic E-state index is 13.0. The Morgan fingerprint density at radius 1 is 1.09 bits per heavy atom. The summed E-state index contributed by atoms with van der Waals surface area (Å²) in [6.07, 6.45) is 2.58. The molecule has 1 N–H and O–H groups in total. The highest BCUT2D eigenvalue weighted by molar-refractivity contribution is 6.05. The van der Waals surface area contributed by atoms with Gasteiger partial charge in [0, 0.05) is 37.7 Å². The number of nitrogens with one attached hydrogen (secondary N) is 1. The van der Waals surface area contributed by atoms with E-state index in [2.05, 4.69) is 53.7 Å². The molecule has 3 atom stereocenters. The number of rotatable bonds is 5. The van der Waals surface area contributed by atoms with E-state index in [0.29, 0.717) is 37.1 Å². The average Bonchev–Trinajstić information content (AvgIpc) is 2.99. The first-order chi connectivity index (χ1) is 16.5. The predicted octanol–water partition coefficient (Wildman–Crippen LogP) is 2.84. The number of ether oxygens (including phenoxy) is 1. The third kappa shape index (κ3) is 4.63. The summed E-state index contributed by atoms with van der Waals surface area (Å²) in [6, 6.07) is 16.3. The zero-order valence-electron chi connectivity index (χ0n) is 19.5. The summed E-state index contributed by atoms with van der Waals surface area (Å²) in [5.41, 5.74) is 4.14. The van der Waals surface area contributed by atoms with Crippen molar-refractivity contribution in [2.24, 2.45) is 0 Å². The van der Waals surface area contributed by atoms with Crippen LogP contribution in [0.3, 0.4) is 0 Å². The van der Waals surface area contributed by atoms with E-state index in [1.807, 2.05) is 12.1 Å². The molecule has 0 spiro atoms. The smallest absolute Gasteiger partial charge is 0.255 e. The average molecular weight is 462 g/mol. The van der Waals surface area contributed by atoms with Crippen LogP contribution in [0.25, 0.3) is 0 Å². The number of benzene rings is 2. The molecule has 2 saturated heterocycles. The van der Waals surface area contributed by atoms with Crippen molar-refractivity contribution in [1.82, 2.24) is 15.1 Å². The van der Waals surface area contributed by atoms with Crippen LogP contribution in [0.1, 0.15) is 58.6 Å². The lowest BCUT2D eigenvalue weighted by Crippen LogP contribution is -2.52. The Balaban J connectivity index is 1.30. The van der Waals surface area contributed by atoms with Gasteiger partial charge >= 0.3 is 0 Å². The van der Waals surface area contributed by atoms with Crippen molar-refractivity contribution in [2.45, 2.75) is 56.8 Å². The van der Waals surface area contributed by atoms with Crippen LogP contribution in [0.15, 0.2) is 48.5 Å². The minimum Gasteiger partial charge on any atom is -0.380 e. The predicted molar refractivity (Wildman–Crippen MR) is 127 cm³/mol. The van der Waals surface area contributed by atoms with Gasteiger partial charge in [-0.1, -0.05) is 42.5 Å². The van der Waals surface area contributed by atoms with Crippen molar-refractivity contribution in [3.63, 3.8) is 0 Å². The van der Waals surface area contributed by atoms with E-state index >= 15 is 0 Å². The number of hydrogen-bond acceptors (Lipinski definition) is 5. The highest BCUT2D eigenvalue weighted by atomic mass is 16.5. The maximum absolute atomic E-state index is 13.0. The molecule has 2 aromatic rings. The van der Waals surface area contributed by atoms with Gasteiger partial charge in [0.25, 0.3) is 5.91 Å². The first-order valence-electron chi connectivity index (χ1n) is 12.1. The van der Waals surface area contributed by atoms with Crippen LogP contribution in [0, 0.1) is 0 Å². The molecular formula is C27H31N3O4. The number of piperidine rings is 1. The normalized spacial score (nSPS) is 25.3. The molecular weight excluding hydrogens is 430 g/mol. The summed E-state index contributed by atoms with van der Waals surface area (Å²) in [5, 5.41) is 2.37. The van der Waals surface area contributed by atoms with Gasteiger partial charge in [-0.3, -0.25) is 24.6 Å². The maximum Gasteiger partial charge on any atom is 0.255 e. The van der Waals surface area contributed by atoms with E-state index in [9.17, 15) is 14.4 Å². The van der Waals surface area contributed by atoms with Crippen LogP contribution in [0.2, 0.25) is 0 Å². The van der Waals surface area contributed by atoms with Gasteiger partial charge in [-0.25, -0.2) is 0 Å². The highest BCUT2D eigenvalue weighted by Gasteiger charge is 2.39. The third-order valence-corrected chi connectivity index (χ3v) is 7.39. The van der Waals surface area contributed by atoms with Gasteiger partial charge < -0.3 is 9.64 Å². The van der Waals surface area contributed by atoms with E-state index in [-0.39, 0.29) is 24.1 Å². The molecule has 3 heterocycles. The minimum absolute atomic E-state index is 0.124. The number of imide groups is 1. The molecule has 3 aliphatic rings. The van der Waals surface area contributed by atoms with Gasteiger partial charge in [-0.2, -0.15) is 0 Å². The van der Waals surface area contributed by atoms with Crippen LogP contribution in [0.4, 0.5) is 0 Å².